The number of rotatable bonds is 5. The van der Waals surface area contributed by atoms with Crippen molar-refractivity contribution in [2.45, 2.75) is 25.2 Å². The molecule has 3 aromatic rings. The van der Waals surface area contributed by atoms with Crippen LogP contribution in [0, 0.1) is 0 Å². The molecule has 1 heteroatoms. The van der Waals surface area contributed by atoms with Crippen molar-refractivity contribution in [1.82, 2.24) is 0 Å². The molecule has 0 amide bonds. The Labute approximate surface area is 162 Å². The van der Waals surface area contributed by atoms with Gasteiger partial charge in [0.1, 0.15) is 7.05 Å². The van der Waals surface area contributed by atoms with Crippen LogP contribution in [0.2, 0.25) is 0 Å². The molecule has 0 N–H and O–H groups in total. The molecule has 4 rings (SSSR count). The molecule has 1 aliphatic heterocycles. The first-order valence-electron chi connectivity index (χ1n) is 9.62. The van der Waals surface area contributed by atoms with Gasteiger partial charge in [-0.05, 0) is 48.2 Å². The van der Waals surface area contributed by atoms with Gasteiger partial charge in [0, 0.05) is 17.7 Å². The van der Waals surface area contributed by atoms with Gasteiger partial charge in [-0.15, -0.1) is 6.58 Å². The Kier molecular flexibility index (Phi) is 4.53. The van der Waals surface area contributed by atoms with Gasteiger partial charge in [-0.1, -0.05) is 60.7 Å². The molecule has 134 valence electrons. The lowest BCUT2D eigenvalue weighted by molar-refractivity contribution is -0.401. The lowest BCUT2D eigenvalue weighted by Gasteiger charge is -2.23. The van der Waals surface area contributed by atoms with Crippen LogP contribution >= 0.6 is 0 Å². The van der Waals surface area contributed by atoms with E-state index in [1.807, 2.05) is 6.08 Å². The standard InChI is InChI=1S/C26H26N/c1-4-5-19-26(2)24(18-15-20-11-7-6-8-12-20)27(3)23-17-16-21-13-9-10-14-22(21)25(23)26/h4,6-18H,1,5,19H2,2-3H3/q+1. The first kappa shape index (κ1) is 17.5. The molecule has 0 radical (unpaired) electrons. The second-order valence-electron chi connectivity index (χ2n) is 7.53. The van der Waals surface area contributed by atoms with Gasteiger partial charge < -0.3 is 0 Å². The lowest BCUT2D eigenvalue weighted by atomic mass is 9.74. The van der Waals surface area contributed by atoms with Crippen LogP contribution in [0.1, 0.15) is 30.9 Å². The maximum atomic E-state index is 3.97. The van der Waals surface area contributed by atoms with Crippen LogP contribution in [0.3, 0.4) is 0 Å². The Morgan fingerprint density at radius 2 is 1.67 bits per heavy atom. The third-order valence-electron chi connectivity index (χ3n) is 5.83. The van der Waals surface area contributed by atoms with E-state index in [9.17, 15) is 0 Å². The molecule has 0 saturated carbocycles. The Hall–Kier alpha value is -2.93. The third-order valence-corrected chi connectivity index (χ3v) is 5.83. The lowest BCUT2D eigenvalue weighted by Crippen LogP contribution is -2.30. The Morgan fingerprint density at radius 3 is 2.44 bits per heavy atom. The first-order chi connectivity index (χ1) is 13.1. The molecule has 0 bridgehead atoms. The van der Waals surface area contributed by atoms with Crippen molar-refractivity contribution < 1.29 is 4.58 Å². The summed E-state index contributed by atoms with van der Waals surface area (Å²) in [5.74, 6) is 0. The normalized spacial score (nSPS) is 19.0. The number of benzene rings is 3. The van der Waals surface area contributed by atoms with E-state index in [1.54, 1.807) is 0 Å². The molecule has 1 aliphatic rings. The van der Waals surface area contributed by atoms with Crippen LogP contribution in [0.5, 0.6) is 0 Å². The fourth-order valence-electron chi connectivity index (χ4n) is 4.43. The van der Waals surface area contributed by atoms with Crippen molar-refractivity contribution in [2.24, 2.45) is 0 Å². The fourth-order valence-corrected chi connectivity index (χ4v) is 4.43. The van der Waals surface area contributed by atoms with Crippen molar-refractivity contribution in [3.63, 3.8) is 0 Å². The first-order valence-corrected chi connectivity index (χ1v) is 9.62. The van der Waals surface area contributed by atoms with E-state index in [2.05, 4.69) is 104 Å². The molecule has 1 unspecified atom stereocenters. The minimum Gasteiger partial charge on any atom is -0.198 e. The van der Waals surface area contributed by atoms with Crippen LogP contribution in [0.4, 0.5) is 5.69 Å². The summed E-state index contributed by atoms with van der Waals surface area (Å²) in [6.07, 6.45) is 8.61. The summed E-state index contributed by atoms with van der Waals surface area (Å²) in [5, 5.41) is 2.67. The molecule has 0 spiro atoms. The van der Waals surface area contributed by atoms with Crippen LogP contribution in [0.25, 0.3) is 16.8 Å². The highest BCUT2D eigenvalue weighted by Gasteiger charge is 2.47. The molecule has 0 aliphatic carbocycles. The molecular weight excluding hydrogens is 326 g/mol. The summed E-state index contributed by atoms with van der Waals surface area (Å²) >= 11 is 0. The summed E-state index contributed by atoms with van der Waals surface area (Å²) in [4.78, 5) is 0. The highest BCUT2D eigenvalue weighted by atomic mass is 15.0. The zero-order chi connectivity index (χ0) is 18.9. The van der Waals surface area contributed by atoms with Crippen molar-refractivity contribution in [3.8, 4) is 0 Å². The number of hydrogen-bond acceptors (Lipinski definition) is 0. The van der Waals surface area contributed by atoms with Crippen LogP contribution in [0.15, 0.2) is 85.5 Å². The molecule has 0 fully saturated rings. The third kappa shape index (κ3) is 2.94. The van der Waals surface area contributed by atoms with E-state index >= 15 is 0 Å². The van der Waals surface area contributed by atoms with Crippen LogP contribution in [-0.2, 0) is 5.41 Å². The van der Waals surface area contributed by atoms with Gasteiger partial charge in [-0.3, -0.25) is 0 Å². The van der Waals surface area contributed by atoms with Gasteiger partial charge in [-0.2, -0.15) is 4.58 Å². The Bertz CT molecular complexity index is 1060. The second kappa shape index (κ2) is 7.00. The van der Waals surface area contributed by atoms with E-state index in [0.717, 1.165) is 12.8 Å². The van der Waals surface area contributed by atoms with Gasteiger partial charge in [0.25, 0.3) is 0 Å². The molecule has 1 atom stereocenters. The number of hydrogen-bond donors (Lipinski definition) is 0. The van der Waals surface area contributed by atoms with Crippen LogP contribution < -0.4 is 0 Å². The average Bonchev–Trinajstić information content (AvgIpc) is 2.93. The van der Waals surface area contributed by atoms with Crippen molar-refractivity contribution in [1.29, 1.82) is 0 Å². The van der Waals surface area contributed by atoms with Crippen molar-refractivity contribution >= 4 is 28.2 Å². The topological polar surface area (TPSA) is 3.01 Å². The van der Waals surface area contributed by atoms with Gasteiger partial charge in [0.2, 0.25) is 5.69 Å². The van der Waals surface area contributed by atoms with E-state index in [0.29, 0.717) is 0 Å². The predicted octanol–water partition coefficient (Wildman–Crippen LogP) is 6.51. The van der Waals surface area contributed by atoms with Gasteiger partial charge >= 0.3 is 0 Å². The maximum absolute atomic E-state index is 3.97. The fraction of sp³-hybridized carbons (Fsp3) is 0.192. The van der Waals surface area contributed by atoms with E-state index in [4.69, 9.17) is 0 Å². The van der Waals surface area contributed by atoms with E-state index < -0.39 is 0 Å². The largest absolute Gasteiger partial charge is 0.210 e. The average molecular weight is 353 g/mol. The SMILES string of the molecule is C=CCCC1(C)C(C=Cc2ccccc2)=[N+](C)c2ccc3ccccc3c21. The van der Waals surface area contributed by atoms with E-state index in [1.165, 1.54) is 33.3 Å². The van der Waals surface area contributed by atoms with Crippen molar-refractivity contribution in [2.75, 3.05) is 7.05 Å². The Balaban J connectivity index is 1.89. The number of fused-ring (bicyclic) bond motifs is 3. The summed E-state index contributed by atoms with van der Waals surface area (Å²) < 4.78 is 2.37. The van der Waals surface area contributed by atoms with E-state index in [-0.39, 0.29) is 5.41 Å². The molecule has 1 nitrogen and oxygen atoms in total. The molecule has 1 heterocycles. The van der Waals surface area contributed by atoms with Gasteiger partial charge in [0.05, 0.1) is 5.41 Å². The quantitative estimate of drug-likeness (QED) is 0.364. The summed E-state index contributed by atoms with van der Waals surface area (Å²) in [6, 6.07) is 23.8. The van der Waals surface area contributed by atoms with Gasteiger partial charge in [0.15, 0.2) is 5.71 Å². The van der Waals surface area contributed by atoms with Crippen molar-refractivity contribution in [3.05, 3.63) is 96.6 Å². The monoisotopic (exact) mass is 352 g/mol. The smallest absolute Gasteiger partial charge is 0.198 e. The van der Waals surface area contributed by atoms with Gasteiger partial charge in [-0.25, -0.2) is 0 Å². The maximum Gasteiger partial charge on any atom is 0.210 e. The number of allylic oxidation sites excluding steroid dienone is 2. The molecule has 27 heavy (non-hydrogen) atoms. The molecule has 3 aromatic carbocycles. The number of nitrogens with zero attached hydrogens (tertiary/aromatic N) is 1. The minimum atomic E-state index is -0.0373. The predicted molar refractivity (Wildman–Crippen MR) is 117 cm³/mol. The zero-order valence-corrected chi connectivity index (χ0v) is 16.2. The zero-order valence-electron chi connectivity index (χ0n) is 16.2. The minimum absolute atomic E-state index is 0.0373. The van der Waals surface area contributed by atoms with Crippen LogP contribution in [-0.4, -0.2) is 17.3 Å². The molecular formula is C26H26N+. The molecule has 0 saturated heterocycles. The molecule has 0 aromatic heterocycles. The summed E-state index contributed by atoms with van der Waals surface area (Å²) in [7, 11) is 2.19. The summed E-state index contributed by atoms with van der Waals surface area (Å²) in [6.45, 7) is 6.35. The Morgan fingerprint density at radius 1 is 0.926 bits per heavy atom. The summed E-state index contributed by atoms with van der Waals surface area (Å²) in [5.41, 5.74) is 5.29. The highest BCUT2D eigenvalue weighted by Crippen LogP contribution is 2.46. The second-order valence-corrected chi connectivity index (χ2v) is 7.53. The highest BCUT2D eigenvalue weighted by molar-refractivity contribution is 6.09.